The normalized spacial score (nSPS) is 19.5. The van der Waals surface area contributed by atoms with Crippen LogP contribution in [0.4, 0.5) is 5.69 Å². The molecule has 206 valence electrons. The van der Waals surface area contributed by atoms with Crippen LogP contribution in [0.15, 0.2) is 87.2 Å². The van der Waals surface area contributed by atoms with Crippen LogP contribution in [-0.2, 0) is 6.54 Å². The first-order chi connectivity index (χ1) is 18.2. The van der Waals surface area contributed by atoms with Crippen LogP contribution in [-0.4, -0.2) is 54.1 Å². The molecule has 2 aliphatic heterocycles. The number of nitrogens with two attached hydrogens (primary N) is 2. The molecule has 0 bridgehead atoms. The largest absolute Gasteiger partial charge is 0.398 e. The quantitative estimate of drug-likeness (QED) is 0.346. The molecule has 38 heavy (non-hydrogen) atoms. The predicted octanol–water partition coefficient (Wildman–Crippen LogP) is 5.06. The highest BCUT2D eigenvalue weighted by molar-refractivity contribution is 5.99. The first-order valence-electron chi connectivity index (χ1n) is 13.5. The third kappa shape index (κ3) is 7.92. The van der Waals surface area contributed by atoms with Gasteiger partial charge < -0.3 is 21.7 Å². The number of nitrogens with zero attached hydrogens (tertiary/aromatic N) is 5. The monoisotopic (exact) mass is 518 g/mol. The Morgan fingerprint density at radius 1 is 1.18 bits per heavy atom. The summed E-state index contributed by atoms with van der Waals surface area (Å²) in [6, 6.07) is 8.21. The summed E-state index contributed by atoms with van der Waals surface area (Å²) in [5.74, 6) is 2.68. The smallest absolute Gasteiger partial charge is 0.229 e. The zero-order valence-electron chi connectivity index (χ0n) is 24.0. The Morgan fingerprint density at radius 3 is 2.45 bits per heavy atom. The van der Waals surface area contributed by atoms with Gasteiger partial charge in [0.25, 0.3) is 0 Å². The van der Waals surface area contributed by atoms with E-state index in [0.29, 0.717) is 18.2 Å². The number of piperidine rings is 1. The minimum atomic E-state index is 0.244. The Morgan fingerprint density at radius 2 is 1.84 bits per heavy atom. The molecule has 0 amide bonds. The van der Waals surface area contributed by atoms with Crippen LogP contribution in [0.5, 0.6) is 0 Å². The van der Waals surface area contributed by atoms with Gasteiger partial charge in [0, 0.05) is 38.1 Å². The van der Waals surface area contributed by atoms with Crippen molar-refractivity contribution in [3.63, 3.8) is 0 Å². The molecule has 0 spiro atoms. The maximum Gasteiger partial charge on any atom is 0.229 e. The number of benzene rings is 1. The summed E-state index contributed by atoms with van der Waals surface area (Å²) in [6.45, 7) is 20.2. The van der Waals surface area contributed by atoms with Gasteiger partial charge >= 0.3 is 0 Å². The molecule has 2 aliphatic rings. The molecule has 0 aromatic heterocycles. The maximum atomic E-state index is 6.14. The SMILES string of the molecule is C=C/C(N)=C(\C)C=Nc1ccccc1CN=C1N=C(N2CCC(N)CC2)N/C(=C(/C=C)C(C)C)N1C.CC. The summed E-state index contributed by atoms with van der Waals surface area (Å²) in [5, 5.41) is 3.55. The zero-order valence-corrected chi connectivity index (χ0v) is 24.0. The first kappa shape index (κ1) is 30.6. The predicted molar refractivity (Wildman–Crippen MR) is 163 cm³/mol. The fraction of sp³-hybridized carbons (Fsp3) is 0.433. The van der Waals surface area contributed by atoms with Crippen molar-refractivity contribution >= 4 is 23.8 Å². The molecule has 1 fully saturated rings. The van der Waals surface area contributed by atoms with Crippen LogP contribution in [0.2, 0.25) is 0 Å². The number of allylic oxidation sites excluding steroid dienone is 4. The molecule has 0 unspecified atom stereocenters. The van der Waals surface area contributed by atoms with Crippen molar-refractivity contribution in [2.75, 3.05) is 20.1 Å². The van der Waals surface area contributed by atoms with Crippen molar-refractivity contribution in [2.45, 2.75) is 60.0 Å². The van der Waals surface area contributed by atoms with Gasteiger partial charge in [0.2, 0.25) is 11.9 Å². The van der Waals surface area contributed by atoms with Gasteiger partial charge in [0.15, 0.2) is 0 Å². The lowest BCUT2D eigenvalue weighted by Gasteiger charge is -2.38. The third-order valence-electron chi connectivity index (χ3n) is 6.48. The van der Waals surface area contributed by atoms with E-state index in [1.165, 1.54) is 0 Å². The van der Waals surface area contributed by atoms with Gasteiger partial charge in [-0.05, 0) is 54.5 Å². The molecule has 0 aliphatic carbocycles. The van der Waals surface area contributed by atoms with E-state index in [2.05, 4.69) is 42.2 Å². The Kier molecular flexibility index (Phi) is 12.0. The Balaban J connectivity index is 0.00000247. The molecular weight excluding hydrogens is 472 g/mol. The van der Waals surface area contributed by atoms with Gasteiger partial charge in [0.1, 0.15) is 5.82 Å². The average molecular weight is 519 g/mol. The lowest BCUT2D eigenvalue weighted by Crippen LogP contribution is -2.53. The summed E-state index contributed by atoms with van der Waals surface area (Å²) < 4.78 is 0. The molecule has 1 aromatic rings. The van der Waals surface area contributed by atoms with E-state index >= 15 is 0 Å². The highest BCUT2D eigenvalue weighted by atomic mass is 15.4. The average Bonchev–Trinajstić information content (AvgIpc) is 2.93. The molecule has 0 atom stereocenters. The molecule has 1 aromatic carbocycles. The molecule has 1 saturated heterocycles. The number of para-hydroxylation sites is 1. The second kappa shape index (κ2) is 14.9. The summed E-state index contributed by atoms with van der Waals surface area (Å²) >= 11 is 0. The van der Waals surface area contributed by atoms with Crippen LogP contribution in [0.25, 0.3) is 0 Å². The summed E-state index contributed by atoms with van der Waals surface area (Å²) in [4.78, 5) is 18.7. The van der Waals surface area contributed by atoms with E-state index in [-0.39, 0.29) is 12.0 Å². The molecule has 0 radical (unpaired) electrons. The number of hydrogen-bond acceptors (Lipinski definition) is 6. The highest BCUT2D eigenvalue weighted by Crippen LogP contribution is 2.23. The van der Waals surface area contributed by atoms with Gasteiger partial charge in [-0.15, -0.1) is 0 Å². The van der Waals surface area contributed by atoms with Gasteiger partial charge in [-0.25, -0.2) is 4.99 Å². The summed E-state index contributed by atoms with van der Waals surface area (Å²) in [6.07, 6.45) is 7.17. The van der Waals surface area contributed by atoms with Crippen molar-refractivity contribution in [1.29, 1.82) is 0 Å². The van der Waals surface area contributed by atoms with Crippen molar-refractivity contribution in [1.82, 2.24) is 15.1 Å². The van der Waals surface area contributed by atoms with Crippen molar-refractivity contribution in [3.05, 3.63) is 77.8 Å². The Hall–Kier alpha value is -3.65. The minimum absolute atomic E-state index is 0.244. The fourth-order valence-corrected chi connectivity index (χ4v) is 4.09. The van der Waals surface area contributed by atoms with Crippen LogP contribution in [0.3, 0.4) is 0 Å². The lowest BCUT2D eigenvalue weighted by molar-refractivity contribution is 0.303. The molecule has 8 heteroatoms. The van der Waals surface area contributed by atoms with E-state index < -0.39 is 0 Å². The molecule has 3 rings (SSSR count). The minimum Gasteiger partial charge on any atom is -0.398 e. The molecule has 0 saturated carbocycles. The fourth-order valence-electron chi connectivity index (χ4n) is 4.09. The van der Waals surface area contributed by atoms with E-state index in [1.807, 2.05) is 63.1 Å². The number of rotatable bonds is 7. The lowest BCUT2D eigenvalue weighted by atomic mass is 10.0. The van der Waals surface area contributed by atoms with Gasteiger partial charge in [-0.3, -0.25) is 9.89 Å². The van der Waals surface area contributed by atoms with Gasteiger partial charge in [-0.1, -0.05) is 65.1 Å². The van der Waals surface area contributed by atoms with Crippen molar-refractivity contribution in [2.24, 2.45) is 32.4 Å². The zero-order chi connectivity index (χ0) is 28.2. The molecule has 8 nitrogen and oxygen atoms in total. The standard InChI is InChI=1S/C28H40N8.C2H6/c1-7-23(19(3)4)26-33-28(36-15-13-22(29)14-16-36)34-27(35(26)6)32-18-21-11-9-10-12-25(21)31-17-20(5)24(30)8-2;1-2/h7-12,17,19,22H,1-2,13-16,18,29-30H2,3-6H3,(H,32,33,34);1-2H3/b24-20-,26-23+,31-17?;. The third-order valence-corrected chi connectivity index (χ3v) is 6.48. The van der Waals surface area contributed by atoms with Gasteiger partial charge in [0.05, 0.1) is 12.2 Å². The Labute approximate surface area is 229 Å². The van der Waals surface area contributed by atoms with E-state index in [1.54, 1.807) is 12.3 Å². The molecule has 5 N–H and O–H groups in total. The second-order valence-corrected chi connectivity index (χ2v) is 9.45. The van der Waals surface area contributed by atoms with Crippen LogP contribution in [0.1, 0.15) is 53.0 Å². The number of nitrogens with one attached hydrogen (secondary N) is 1. The van der Waals surface area contributed by atoms with Crippen LogP contribution in [0, 0.1) is 5.92 Å². The number of guanidine groups is 2. The number of likely N-dealkylation sites (tertiary alicyclic amines) is 1. The van der Waals surface area contributed by atoms with E-state index in [4.69, 9.17) is 21.5 Å². The van der Waals surface area contributed by atoms with Crippen molar-refractivity contribution < 1.29 is 0 Å². The Bertz CT molecular complexity index is 1110. The number of hydrogen-bond donors (Lipinski definition) is 3. The molecule has 2 heterocycles. The van der Waals surface area contributed by atoms with E-state index in [9.17, 15) is 0 Å². The van der Waals surface area contributed by atoms with E-state index in [0.717, 1.165) is 60.1 Å². The van der Waals surface area contributed by atoms with Crippen LogP contribution >= 0.6 is 0 Å². The van der Waals surface area contributed by atoms with Crippen LogP contribution < -0.4 is 16.8 Å². The van der Waals surface area contributed by atoms with Crippen molar-refractivity contribution in [3.8, 4) is 0 Å². The van der Waals surface area contributed by atoms with Gasteiger partial charge in [-0.2, -0.15) is 4.99 Å². The molecular formula is C30H46N8. The first-order valence-corrected chi connectivity index (χ1v) is 13.5. The topological polar surface area (TPSA) is 108 Å². The second-order valence-electron chi connectivity index (χ2n) is 9.45. The summed E-state index contributed by atoms with van der Waals surface area (Å²) in [7, 11) is 1.98. The number of aliphatic imine (C=N–C) groups is 3. The highest BCUT2D eigenvalue weighted by Gasteiger charge is 2.28. The summed E-state index contributed by atoms with van der Waals surface area (Å²) in [5.41, 5.74) is 16.5. The maximum absolute atomic E-state index is 6.14.